The van der Waals surface area contributed by atoms with Crippen LogP contribution in [0.15, 0.2) is 24.3 Å². The first kappa shape index (κ1) is 12.4. The molecule has 1 aliphatic heterocycles. The van der Waals surface area contributed by atoms with E-state index in [0.29, 0.717) is 6.04 Å². The van der Waals surface area contributed by atoms with Gasteiger partial charge in [-0.15, -0.1) is 0 Å². The fourth-order valence-corrected chi connectivity index (χ4v) is 3.88. The van der Waals surface area contributed by atoms with Gasteiger partial charge in [0.15, 0.2) is 0 Å². The first-order valence-electron chi connectivity index (χ1n) is 6.98. The van der Waals surface area contributed by atoms with E-state index >= 15 is 0 Å². The Morgan fingerprint density at radius 1 is 1.06 bits per heavy atom. The second kappa shape index (κ2) is 5.54. The number of hydrogen-bond acceptors (Lipinski definition) is 2. The van der Waals surface area contributed by atoms with Crippen molar-refractivity contribution in [1.82, 2.24) is 5.32 Å². The molecule has 2 nitrogen and oxygen atoms in total. The summed E-state index contributed by atoms with van der Waals surface area (Å²) in [4.78, 5) is 0. The molecule has 1 N–H and O–H groups in total. The Morgan fingerprint density at radius 2 is 1.72 bits per heavy atom. The third-order valence-corrected chi connectivity index (χ3v) is 5.39. The Morgan fingerprint density at radius 3 is 2.33 bits per heavy atom. The van der Waals surface area contributed by atoms with Crippen molar-refractivity contribution in [3.8, 4) is 0 Å². The van der Waals surface area contributed by atoms with Crippen molar-refractivity contribution in [2.75, 3.05) is 11.5 Å². The normalized spacial score (nSPS) is 28.2. The first-order valence-corrected chi connectivity index (χ1v) is 8.47. The summed E-state index contributed by atoms with van der Waals surface area (Å²) in [5.41, 5.74) is 2.87. The van der Waals surface area contributed by atoms with Gasteiger partial charge < -0.3 is 5.32 Å². The standard InChI is InChI=1S/C15H21NOS/c17-18-9-7-15(8-10-18)16-11-12-1-3-13(4-2-12)14-5-6-14/h1-4,14-16H,5-11H2. The molecular formula is C15H21NOS. The van der Waals surface area contributed by atoms with E-state index in [2.05, 4.69) is 29.6 Å². The molecule has 0 aromatic heterocycles. The molecule has 1 saturated carbocycles. The van der Waals surface area contributed by atoms with Crippen molar-refractivity contribution < 1.29 is 4.21 Å². The van der Waals surface area contributed by atoms with E-state index < -0.39 is 10.8 Å². The molecule has 1 heterocycles. The smallest absolute Gasteiger partial charge is 0.0249 e. The zero-order valence-corrected chi connectivity index (χ0v) is 11.5. The predicted molar refractivity (Wildman–Crippen MR) is 76.2 cm³/mol. The Bertz CT molecular complexity index is 415. The maximum Gasteiger partial charge on any atom is 0.0249 e. The van der Waals surface area contributed by atoms with Gasteiger partial charge in [0.25, 0.3) is 0 Å². The van der Waals surface area contributed by atoms with Gasteiger partial charge in [-0.1, -0.05) is 24.3 Å². The van der Waals surface area contributed by atoms with Gasteiger partial charge in [0.2, 0.25) is 0 Å². The van der Waals surface area contributed by atoms with E-state index in [4.69, 9.17) is 0 Å². The third kappa shape index (κ3) is 3.21. The average Bonchev–Trinajstić information content (AvgIpc) is 3.23. The summed E-state index contributed by atoms with van der Waals surface area (Å²) < 4.78 is 11.3. The third-order valence-electron chi connectivity index (χ3n) is 4.01. The summed E-state index contributed by atoms with van der Waals surface area (Å²) in [6.07, 6.45) is 4.87. The molecule has 18 heavy (non-hydrogen) atoms. The molecular weight excluding hydrogens is 242 g/mol. The zero-order chi connectivity index (χ0) is 12.4. The summed E-state index contributed by atoms with van der Waals surface area (Å²) in [7, 11) is -0.550. The fourth-order valence-electron chi connectivity index (χ4n) is 2.58. The molecule has 1 aliphatic carbocycles. The maximum absolute atomic E-state index is 11.3. The van der Waals surface area contributed by atoms with Gasteiger partial charge in [-0.3, -0.25) is 4.21 Å². The lowest BCUT2D eigenvalue weighted by molar-refractivity contribution is 0.475. The van der Waals surface area contributed by atoms with E-state index in [0.717, 1.165) is 36.8 Å². The Hall–Kier alpha value is -0.670. The second-order valence-corrected chi connectivity index (χ2v) is 7.22. The Balaban J connectivity index is 1.48. The van der Waals surface area contributed by atoms with E-state index in [1.54, 1.807) is 0 Å². The van der Waals surface area contributed by atoms with Gasteiger partial charge >= 0.3 is 0 Å². The van der Waals surface area contributed by atoms with Crippen molar-refractivity contribution in [1.29, 1.82) is 0 Å². The molecule has 3 heteroatoms. The second-order valence-electron chi connectivity index (χ2n) is 5.52. The van der Waals surface area contributed by atoms with Crippen LogP contribution in [0.3, 0.4) is 0 Å². The van der Waals surface area contributed by atoms with Gasteiger partial charge in [-0.05, 0) is 42.7 Å². The van der Waals surface area contributed by atoms with Crippen LogP contribution in [0, 0.1) is 0 Å². The van der Waals surface area contributed by atoms with Crippen LogP contribution in [0.25, 0.3) is 0 Å². The van der Waals surface area contributed by atoms with Crippen molar-refractivity contribution in [2.24, 2.45) is 0 Å². The van der Waals surface area contributed by atoms with Crippen LogP contribution in [-0.4, -0.2) is 21.8 Å². The summed E-state index contributed by atoms with van der Waals surface area (Å²) in [6.45, 7) is 0.947. The first-order chi connectivity index (χ1) is 8.81. The van der Waals surface area contributed by atoms with Crippen LogP contribution in [0.2, 0.25) is 0 Å². The fraction of sp³-hybridized carbons (Fsp3) is 0.600. The van der Waals surface area contributed by atoms with Crippen molar-refractivity contribution in [3.05, 3.63) is 35.4 Å². The van der Waals surface area contributed by atoms with E-state index in [1.807, 2.05) is 0 Å². The Labute approximate surface area is 112 Å². The van der Waals surface area contributed by atoms with Gasteiger partial charge in [0.1, 0.15) is 0 Å². The monoisotopic (exact) mass is 263 g/mol. The van der Waals surface area contributed by atoms with Crippen LogP contribution in [0.4, 0.5) is 0 Å². The SMILES string of the molecule is O=S1CCC(NCc2ccc(C3CC3)cc2)CC1. The predicted octanol–water partition coefficient (Wildman–Crippen LogP) is 2.56. The molecule has 0 unspecified atom stereocenters. The van der Waals surface area contributed by atoms with Gasteiger partial charge in [0.05, 0.1) is 0 Å². The lowest BCUT2D eigenvalue weighted by atomic mass is 10.1. The molecule has 0 atom stereocenters. The van der Waals surface area contributed by atoms with Crippen LogP contribution in [0.5, 0.6) is 0 Å². The average molecular weight is 263 g/mol. The number of benzene rings is 1. The van der Waals surface area contributed by atoms with Crippen molar-refractivity contribution in [3.63, 3.8) is 0 Å². The maximum atomic E-state index is 11.3. The molecule has 0 radical (unpaired) electrons. The van der Waals surface area contributed by atoms with Gasteiger partial charge in [-0.2, -0.15) is 0 Å². The molecule has 1 aromatic carbocycles. The van der Waals surface area contributed by atoms with E-state index in [-0.39, 0.29) is 0 Å². The molecule has 98 valence electrons. The zero-order valence-electron chi connectivity index (χ0n) is 10.7. The molecule has 0 bridgehead atoms. The van der Waals surface area contributed by atoms with Crippen molar-refractivity contribution in [2.45, 2.75) is 44.2 Å². The summed E-state index contributed by atoms with van der Waals surface area (Å²) >= 11 is 0. The van der Waals surface area contributed by atoms with E-state index in [9.17, 15) is 4.21 Å². The molecule has 2 aliphatic rings. The van der Waals surface area contributed by atoms with Crippen LogP contribution >= 0.6 is 0 Å². The lowest BCUT2D eigenvalue weighted by Crippen LogP contribution is -2.35. The number of hydrogen-bond donors (Lipinski definition) is 1. The van der Waals surface area contributed by atoms with Crippen molar-refractivity contribution >= 4 is 10.8 Å². The molecule has 0 spiro atoms. The summed E-state index contributed by atoms with van der Waals surface area (Å²) in [5.74, 6) is 2.59. The van der Waals surface area contributed by atoms with Crippen LogP contribution in [-0.2, 0) is 17.3 Å². The molecule has 1 saturated heterocycles. The van der Waals surface area contributed by atoms with E-state index in [1.165, 1.54) is 24.0 Å². The minimum atomic E-state index is -0.550. The quantitative estimate of drug-likeness (QED) is 0.904. The minimum absolute atomic E-state index is 0.550. The summed E-state index contributed by atoms with van der Waals surface area (Å²) in [5, 5.41) is 3.59. The molecule has 2 fully saturated rings. The van der Waals surface area contributed by atoms with Crippen LogP contribution in [0.1, 0.15) is 42.7 Å². The largest absolute Gasteiger partial charge is 0.310 e. The Kier molecular flexibility index (Phi) is 3.80. The van der Waals surface area contributed by atoms with Gasteiger partial charge in [0, 0.05) is 34.9 Å². The summed E-state index contributed by atoms with van der Waals surface area (Å²) in [6, 6.07) is 9.63. The lowest BCUT2D eigenvalue weighted by Gasteiger charge is -2.22. The number of rotatable bonds is 4. The molecule has 1 aromatic rings. The molecule has 3 rings (SSSR count). The molecule has 0 amide bonds. The minimum Gasteiger partial charge on any atom is -0.310 e. The highest BCUT2D eigenvalue weighted by Gasteiger charge is 2.23. The van der Waals surface area contributed by atoms with Crippen LogP contribution < -0.4 is 5.32 Å². The van der Waals surface area contributed by atoms with Gasteiger partial charge in [-0.25, -0.2) is 0 Å². The highest BCUT2D eigenvalue weighted by atomic mass is 32.2. The number of nitrogens with one attached hydrogen (secondary N) is 1. The topological polar surface area (TPSA) is 29.1 Å². The highest BCUT2D eigenvalue weighted by molar-refractivity contribution is 7.85. The highest BCUT2D eigenvalue weighted by Crippen LogP contribution is 2.39.